The number of rotatable bonds is 2. The van der Waals surface area contributed by atoms with E-state index in [1.54, 1.807) is 0 Å². The standard InChI is InChI=1S/C16H19NO2/c1-12-15(19)17(11-13-7-3-2-4-8-13)16(12)10-6-5-9-14(16)18/h2-4,7-8,12H,5-6,9-11H2,1H3. The van der Waals surface area contributed by atoms with E-state index in [-0.39, 0.29) is 17.6 Å². The lowest BCUT2D eigenvalue weighted by Crippen LogP contribution is -2.73. The van der Waals surface area contributed by atoms with Crippen LogP contribution in [-0.4, -0.2) is 22.1 Å². The SMILES string of the molecule is CC1C(=O)N(Cc2ccccc2)C12CCCCC2=O. The first-order valence-electron chi connectivity index (χ1n) is 7.05. The van der Waals surface area contributed by atoms with Gasteiger partial charge in [0.25, 0.3) is 0 Å². The van der Waals surface area contributed by atoms with E-state index in [1.165, 1.54) is 0 Å². The van der Waals surface area contributed by atoms with E-state index < -0.39 is 5.54 Å². The van der Waals surface area contributed by atoms with Crippen molar-refractivity contribution in [1.82, 2.24) is 4.90 Å². The lowest BCUT2D eigenvalue weighted by atomic mass is 9.64. The van der Waals surface area contributed by atoms with Gasteiger partial charge in [-0.2, -0.15) is 0 Å². The molecule has 2 aliphatic rings. The highest BCUT2D eigenvalue weighted by molar-refractivity contribution is 6.04. The molecule has 3 heteroatoms. The first kappa shape index (κ1) is 12.4. The highest BCUT2D eigenvalue weighted by Crippen LogP contribution is 2.46. The van der Waals surface area contributed by atoms with Crippen LogP contribution in [0.25, 0.3) is 0 Å². The summed E-state index contributed by atoms with van der Waals surface area (Å²) >= 11 is 0. The number of likely N-dealkylation sites (tertiary alicyclic amines) is 1. The van der Waals surface area contributed by atoms with Gasteiger partial charge >= 0.3 is 0 Å². The van der Waals surface area contributed by atoms with E-state index >= 15 is 0 Å². The van der Waals surface area contributed by atoms with Gasteiger partial charge in [0.15, 0.2) is 5.78 Å². The van der Waals surface area contributed by atoms with E-state index in [9.17, 15) is 9.59 Å². The summed E-state index contributed by atoms with van der Waals surface area (Å²) in [5, 5.41) is 0. The van der Waals surface area contributed by atoms with Crippen molar-refractivity contribution in [2.24, 2.45) is 5.92 Å². The van der Waals surface area contributed by atoms with Gasteiger partial charge < -0.3 is 4.90 Å². The Kier molecular flexibility index (Phi) is 2.92. The van der Waals surface area contributed by atoms with E-state index in [2.05, 4.69) is 0 Å². The van der Waals surface area contributed by atoms with Gasteiger partial charge in [0, 0.05) is 13.0 Å². The molecule has 19 heavy (non-hydrogen) atoms. The normalized spacial score (nSPS) is 30.6. The van der Waals surface area contributed by atoms with Gasteiger partial charge in [0.1, 0.15) is 5.54 Å². The van der Waals surface area contributed by atoms with Gasteiger partial charge in [-0.05, 0) is 18.4 Å². The predicted octanol–water partition coefficient (Wildman–Crippen LogP) is 2.55. The Balaban J connectivity index is 1.87. The zero-order valence-electron chi connectivity index (χ0n) is 11.3. The number of hydrogen-bond donors (Lipinski definition) is 0. The Labute approximate surface area is 113 Å². The molecule has 1 aliphatic carbocycles. The predicted molar refractivity (Wildman–Crippen MR) is 72.4 cm³/mol. The van der Waals surface area contributed by atoms with Crippen LogP contribution < -0.4 is 0 Å². The van der Waals surface area contributed by atoms with Crippen LogP contribution >= 0.6 is 0 Å². The number of benzene rings is 1. The second-order valence-electron chi connectivity index (χ2n) is 5.69. The summed E-state index contributed by atoms with van der Waals surface area (Å²) in [7, 11) is 0. The number of nitrogens with zero attached hydrogens (tertiary/aromatic N) is 1. The molecule has 3 rings (SSSR count). The quantitative estimate of drug-likeness (QED) is 0.764. The second kappa shape index (κ2) is 4.48. The van der Waals surface area contributed by atoms with Crippen LogP contribution in [0.1, 0.15) is 38.2 Å². The summed E-state index contributed by atoms with van der Waals surface area (Å²) in [6.45, 7) is 2.47. The van der Waals surface area contributed by atoms with E-state index in [0.29, 0.717) is 13.0 Å². The third-order valence-corrected chi connectivity index (χ3v) is 4.71. The van der Waals surface area contributed by atoms with Gasteiger partial charge in [-0.15, -0.1) is 0 Å². The van der Waals surface area contributed by atoms with Crippen molar-refractivity contribution in [2.45, 2.75) is 44.7 Å². The molecule has 1 aromatic carbocycles. The molecule has 1 spiro atoms. The molecule has 1 saturated heterocycles. The number of Topliss-reactive ketones (excluding diaryl/α,β-unsaturated/α-hetero) is 1. The molecule has 0 aromatic heterocycles. The van der Waals surface area contributed by atoms with Gasteiger partial charge in [0.05, 0.1) is 5.92 Å². The molecule has 100 valence electrons. The molecule has 1 aromatic rings. The maximum Gasteiger partial charge on any atom is 0.229 e. The zero-order chi connectivity index (χ0) is 13.5. The largest absolute Gasteiger partial charge is 0.324 e. The lowest BCUT2D eigenvalue weighted by Gasteiger charge is -2.57. The minimum atomic E-state index is -0.495. The van der Waals surface area contributed by atoms with Crippen molar-refractivity contribution in [3.05, 3.63) is 35.9 Å². The number of hydrogen-bond acceptors (Lipinski definition) is 2. The summed E-state index contributed by atoms with van der Waals surface area (Å²) in [4.78, 5) is 26.3. The second-order valence-corrected chi connectivity index (χ2v) is 5.69. The lowest BCUT2D eigenvalue weighted by molar-refractivity contribution is -0.181. The molecule has 1 heterocycles. The number of carbonyl (C=O) groups is 2. The van der Waals surface area contributed by atoms with Crippen LogP contribution in [0.2, 0.25) is 0 Å². The monoisotopic (exact) mass is 257 g/mol. The van der Waals surface area contributed by atoms with E-state index in [4.69, 9.17) is 0 Å². The van der Waals surface area contributed by atoms with Crippen molar-refractivity contribution in [3.8, 4) is 0 Å². The first-order chi connectivity index (χ1) is 9.16. The summed E-state index contributed by atoms with van der Waals surface area (Å²) < 4.78 is 0. The third kappa shape index (κ3) is 1.71. The van der Waals surface area contributed by atoms with Crippen LogP contribution in [0.3, 0.4) is 0 Å². The Hall–Kier alpha value is -1.64. The summed E-state index contributed by atoms with van der Waals surface area (Å²) in [5.74, 6) is 0.255. The average molecular weight is 257 g/mol. The summed E-state index contributed by atoms with van der Waals surface area (Å²) in [6.07, 6.45) is 3.49. The van der Waals surface area contributed by atoms with Gasteiger partial charge in [-0.25, -0.2) is 0 Å². The molecular weight excluding hydrogens is 238 g/mol. The number of amides is 1. The van der Waals surface area contributed by atoms with Crippen LogP contribution in [0.5, 0.6) is 0 Å². The zero-order valence-corrected chi connectivity index (χ0v) is 11.3. The Morgan fingerprint density at radius 1 is 1.21 bits per heavy atom. The van der Waals surface area contributed by atoms with Gasteiger partial charge in [-0.3, -0.25) is 9.59 Å². The van der Waals surface area contributed by atoms with Crippen molar-refractivity contribution in [1.29, 1.82) is 0 Å². The fraction of sp³-hybridized carbons (Fsp3) is 0.500. The molecule has 0 radical (unpaired) electrons. The van der Waals surface area contributed by atoms with Crippen molar-refractivity contribution < 1.29 is 9.59 Å². The highest BCUT2D eigenvalue weighted by atomic mass is 16.2. The molecule has 1 amide bonds. The minimum Gasteiger partial charge on any atom is -0.324 e. The topological polar surface area (TPSA) is 37.4 Å². The molecular formula is C16H19NO2. The van der Waals surface area contributed by atoms with Gasteiger partial charge in [-0.1, -0.05) is 43.7 Å². The smallest absolute Gasteiger partial charge is 0.229 e. The fourth-order valence-corrected chi connectivity index (χ4v) is 3.57. The Morgan fingerprint density at radius 2 is 1.95 bits per heavy atom. The Morgan fingerprint density at radius 3 is 2.63 bits per heavy atom. The molecule has 0 N–H and O–H groups in total. The summed E-state index contributed by atoms with van der Waals surface area (Å²) in [5.41, 5.74) is 0.603. The highest BCUT2D eigenvalue weighted by Gasteiger charge is 2.61. The van der Waals surface area contributed by atoms with E-state index in [1.807, 2.05) is 42.2 Å². The maximum absolute atomic E-state index is 12.4. The minimum absolute atomic E-state index is 0.124. The molecule has 1 aliphatic heterocycles. The first-order valence-corrected chi connectivity index (χ1v) is 7.05. The molecule has 0 bridgehead atoms. The molecule has 3 nitrogen and oxygen atoms in total. The van der Waals surface area contributed by atoms with Crippen molar-refractivity contribution in [3.63, 3.8) is 0 Å². The van der Waals surface area contributed by atoms with Crippen molar-refractivity contribution >= 4 is 11.7 Å². The fourth-order valence-electron chi connectivity index (χ4n) is 3.57. The molecule has 2 fully saturated rings. The number of carbonyl (C=O) groups excluding carboxylic acids is 2. The van der Waals surface area contributed by atoms with Gasteiger partial charge in [0.2, 0.25) is 5.91 Å². The van der Waals surface area contributed by atoms with E-state index in [0.717, 1.165) is 24.8 Å². The van der Waals surface area contributed by atoms with Crippen LogP contribution in [-0.2, 0) is 16.1 Å². The van der Waals surface area contributed by atoms with Crippen LogP contribution in [0.4, 0.5) is 0 Å². The number of ketones is 1. The molecule has 1 saturated carbocycles. The summed E-state index contributed by atoms with van der Waals surface area (Å²) in [6, 6.07) is 9.93. The van der Waals surface area contributed by atoms with Crippen LogP contribution in [0.15, 0.2) is 30.3 Å². The average Bonchev–Trinajstić information content (AvgIpc) is 2.46. The Bertz CT molecular complexity index is 511. The number of β-lactam (4-membered cyclic amide) rings is 1. The van der Waals surface area contributed by atoms with Crippen molar-refractivity contribution in [2.75, 3.05) is 0 Å². The molecule has 2 atom stereocenters. The molecule has 2 unspecified atom stereocenters. The third-order valence-electron chi connectivity index (χ3n) is 4.71. The van der Waals surface area contributed by atoms with Crippen LogP contribution in [0, 0.1) is 5.92 Å². The maximum atomic E-state index is 12.4.